The van der Waals surface area contributed by atoms with Crippen molar-refractivity contribution in [2.45, 2.75) is 25.8 Å². The highest BCUT2D eigenvalue weighted by atomic mass is 19.1. The lowest BCUT2D eigenvalue weighted by Gasteiger charge is -2.31. The van der Waals surface area contributed by atoms with E-state index in [1.54, 1.807) is 12.3 Å². The number of nitrogens with zero attached hydrogens (tertiary/aromatic N) is 2. The maximum atomic E-state index is 13.8. The van der Waals surface area contributed by atoms with E-state index in [1.807, 2.05) is 12.1 Å². The summed E-state index contributed by atoms with van der Waals surface area (Å²) in [5.74, 6) is -0.0611. The lowest BCUT2D eigenvalue weighted by molar-refractivity contribution is -0.119. The van der Waals surface area contributed by atoms with Crippen LogP contribution in [0, 0.1) is 11.7 Å². The Morgan fingerprint density at radius 3 is 2.86 bits per heavy atom. The molecule has 2 aromatic rings. The minimum atomic E-state index is -0.223. The zero-order chi connectivity index (χ0) is 15.5. The van der Waals surface area contributed by atoms with Gasteiger partial charge in [-0.15, -0.1) is 0 Å². The highest BCUT2D eigenvalue weighted by Crippen LogP contribution is 2.24. The summed E-state index contributed by atoms with van der Waals surface area (Å²) < 4.78 is 13.8. The predicted octanol–water partition coefficient (Wildman–Crippen LogP) is 2.46. The second-order valence-electron chi connectivity index (χ2n) is 6.03. The van der Waals surface area contributed by atoms with Crippen LogP contribution < -0.4 is 5.73 Å². The van der Waals surface area contributed by atoms with Crippen molar-refractivity contribution in [1.82, 2.24) is 9.88 Å². The molecule has 0 spiro atoms. The zero-order valence-corrected chi connectivity index (χ0v) is 12.5. The van der Waals surface area contributed by atoms with Crippen molar-refractivity contribution in [3.63, 3.8) is 0 Å². The largest absolute Gasteiger partial charge is 0.370 e. The molecule has 22 heavy (non-hydrogen) atoms. The number of piperidine rings is 1. The number of halogens is 1. The van der Waals surface area contributed by atoms with Crippen molar-refractivity contribution in [2.24, 2.45) is 11.7 Å². The number of carbonyl (C=O) groups excluding carboxylic acids is 1. The molecule has 1 amide bonds. The van der Waals surface area contributed by atoms with Gasteiger partial charge in [-0.2, -0.15) is 0 Å². The van der Waals surface area contributed by atoms with Crippen molar-refractivity contribution in [1.29, 1.82) is 0 Å². The number of aromatic nitrogens is 1. The number of amides is 1. The molecule has 4 nitrogen and oxygen atoms in total. The lowest BCUT2D eigenvalue weighted by Crippen LogP contribution is -2.34. The Morgan fingerprint density at radius 2 is 2.14 bits per heavy atom. The second kappa shape index (κ2) is 6.40. The third-order valence-corrected chi connectivity index (χ3v) is 4.34. The third kappa shape index (κ3) is 3.42. The van der Waals surface area contributed by atoms with Gasteiger partial charge in [0.1, 0.15) is 5.82 Å². The van der Waals surface area contributed by atoms with Crippen LogP contribution in [0.2, 0.25) is 0 Å². The van der Waals surface area contributed by atoms with Crippen LogP contribution in [-0.4, -0.2) is 28.9 Å². The summed E-state index contributed by atoms with van der Waals surface area (Å²) in [4.78, 5) is 17.7. The fourth-order valence-electron chi connectivity index (χ4n) is 3.22. The molecular weight excluding hydrogens is 281 g/mol. The minimum Gasteiger partial charge on any atom is -0.370 e. The average Bonchev–Trinajstić information content (AvgIpc) is 2.48. The molecule has 1 aliphatic rings. The Labute approximate surface area is 129 Å². The summed E-state index contributed by atoms with van der Waals surface area (Å²) in [7, 11) is 0. The van der Waals surface area contributed by atoms with Crippen molar-refractivity contribution >= 4 is 16.8 Å². The molecule has 1 aromatic heterocycles. The van der Waals surface area contributed by atoms with Crippen molar-refractivity contribution in [2.75, 3.05) is 13.1 Å². The van der Waals surface area contributed by atoms with Crippen LogP contribution in [0.4, 0.5) is 4.39 Å². The lowest BCUT2D eigenvalue weighted by atomic mass is 9.93. The first kappa shape index (κ1) is 14.9. The van der Waals surface area contributed by atoms with Crippen LogP contribution in [0.5, 0.6) is 0 Å². The van der Waals surface area contributed by atoms with Crippen LogP contribution in [0.1, 0.15) is 24.8 Å². The van der Waals surface area contributed by atoms with Gasteiger partial charge in [-0.3, -0.25) is 14.7 Å². The molecule has 0 unspecified atom stereocenters. The van der Waals surface area contributed by atoms with Gasteiger partial charge in [0.05, 0.1) is 5.52 Å². The van der Waals surface area contributed by atoms with Crippen LogP contribution in [-0.2, 0) is 11.3 Å². The van der Waals surface area contributed by atoms with E-state index in [4.69, 9.17) is 5.73 Å². The Morgan fingerprint density at radius 1 is 1.36 bits per heavy atom. The molecule has 0 saturated carbocycles. The second-order valence-corrected chi connectivity index (χ2v) is 6.03. The van der Waals surface area contributed by atoms with Crippen LogP contribution in [0.15, 0.2) is 30.5 Å². The summed E-state index contributed by atoms with van der Waals surface area (Å²) in [5.41, 5.74) is 7.04. The molecule has 116 valence electrons. The van der Waals surface area contributed by atoms with E-state index in [0.29, 0.717) is 18.9 Å². The Hall–Kier alpha value is -2.01. The van der Waals surface area contributed by atoms with E-state index in [2.05, 4.69) is 9.88 Å². The highest BCUT2D eigenvalue weighted by molar-refractivity contribution is 5.81. The maximum absolute atomic E-state index is 13.8. The summed E-state index contributed by atoms with van der Waals surface area (Å²) >= 11 is 0. The van der Waals surface area contributed by atoms with Crippen molar-refractivity contribution < 1.29 is 9.18 Å². The topological polar surface area (TPSA) is 59.2 Å². The molecule has 0 bridgehead atoms. The number of primary amides is 1. The van der Waals surface area contributed by atoms with E-state index >= 15 is 0 Å². The summed E-state index contributed by atoms with van der Waals surface area (Å²) in [6, 6.07) is 6.80. The Bertz CT molecular complexity index is 681. The van der Waals surface area contributed by atoms with E-state index in [1.165, 1.54) is 6.07 Å². The first-order valence-corrected chi connectivity index (χ1v) is 7.65. The van der Waals surface area contributed by atoms with Crippen LogP contribution in [0.3, 0.4) is 0 Å². The number of fused-ring (bicyclic) bond motifs is 1. The summed E-state index contributed by atoms with van der Waals surface area (Å²) in [6.07, 6.45) is 4.13. The Balaban J connectivity index is 1.71. The van der Waals surface area contributed by atoms with Crippen molar-refractivity contribution in [3.8, 4) is 0 Å². The molecule has 0 atom stereocenters. The van der Waals surface area contributed by atoms with Gasteiger partial charge in [0.15, 0.2) is 0 Å². The highest BCUT2D eigenvalue weighted by Gasteiger charge is 2.21. The van der Waals surface area contributed by atoms with Crippen LogP contribution >= 0.6 is 0 Å². The minimum absolute atomic E-state index is 0.223. The van der Waals surface area contributed by atoms with E-state index in [0.717, 1.165) is 42.4 Å². The summed E-state index contributed by atoms with van der Waals surface area (Å²) in [5, 5.41) is 0.834. The van der Waals surface area contributed by atoms with Gasteiger partial charge in [-0.1, -0.05) is 6.07 Å². The summed E-state index contributed by atoms with van der Waals surface area (Å²) in [6.45, 7) is 2.50. The van der Waals surface area contributed by atoms with E-state index < -0.39 is 0 Å². The number of pyridine rings is 1. The van der Waals surface area contributed by atoms with Gasteiger partial charge in [0.2, 0.25) is 5.91 Å². The Kier molecular flexibility index (Phi) is 4.34. The monoisotopic (exact) mass is 301 g/mol. The average molecular weight is 301 g/mol. The number of nitrogens with two attached hydrogens (primary N) is 1. The molecule has 2 heterocycles. The quantitative estimate of drug-likeness (QED) is 0.943. The fourth-order valence-corrected chi connectivity index (χ4v) is 3.22. The first-order valence-electron chi connectivity index (χ1n) is 7.65. The number of benzene rings is 1. The van der Waals surface area contributed by atoms with E-state index in [-0.39, 0.29) is 11.7 Å². The molecule has 3 rings (SSSR count). The predicted molar refractivity (Wildman–Crippen MR) is 83.5 cm³/mol. The zero-order valence-electron chi connectivity index (χ0n) is 12.5. The van der Waals surface area contributed by atoms with Crippen molar-refractivity contribution in [3.05, 3.63) is 41.8 Å². The molecule has 0 radical (unpaired) electrons. The standard InChI is InChI=1S/C17H20FN3O/c18-15-9-13-2-1-5-20-17(13)14(10-15)11-21-6-3-12(4-7-21)8-16(19)22/h1-2,5,9-10,12H,3-4,6-8,11H2,(H2,19,22). The number of hydrogen-bond acceptors (Lipinski definition) is 3. The van der Waals surface area contributed by atoms with Gasteiger partial charge in [-0.25, -0.2) is 4.39 Å². The third-order valence-electron chi connectivity index (χ3n) is 4.34. The molecule has 2 N–H and O–H groups in total. The number of rotatable bonds is 4. The van der Waals surface area contributed by atoms with Crippen LogP contribution in [0.25, 0.3) is 10.9 Å². The number of likely N-dealkylation sites (tertiary alicyclic amines) is 1. The number of hydrogen-bond donors (Lipinski definition) is 1. The molecule has 1 fully saturated rings. The van der Waals surface area contributed by atoms with Gasteiger partial charge < -0.3 is 5.73 Å². The number of carbonyl (C=O) groups is 1. The molecular formula is C17H20FN3O. The normalized spacial score (nSPS) is 17.0. The van der Waals surface area contributed by atoms with Gasteiger partial charge in [0, 0.05) is 24.5 Å². The van der Waals surface area contributed by atoms with Gasteiger partial charge >= 0.3 is 0 Å². The molecule has 1 aliphatic heterocycles. The molecule has 0 aliphatic carbocycles. The first-order chi connectivity index (χ1) is 10.6. The fraction of sp³-hybridized carbons (Fsp3) is 0.412. The smallest absolute Gasteiger partial charge is 0.217 e. The SMILES string of the molecule is NC(=O)CC1CCN(Cc2cc(F)cc3cccnc23)CC1. The molecule has 5 heteroatoms. The van der Waals surface area contributed by atoms with Gasteiger partial charge in [0.25, 0.3) is 0 Å². The maximum Gasteiger partial charge on any atom is 0.217 e. The van der Waals surface area contributed by atoms with Gasteiger partial charge in [-0.05, 0) is 55.6 Å². The van der Waals surface area contributed by atoms with E-state index in [9.17, 15) is 9.18 Å². The molecule has 1 aromatic carbocycles. The molecule has 1 saturated heterocycles.